The number of aryl methyl sites for hydroxylation is 1. The molecule has 0 aromatic carbocycles. The molecule has 0 bridgehead atoms. The Bertz CT molecular complexity index is 992. The summed E-state index contributed by atoms with van der Waals surface area (Å²) in [5.41, 5.74) is 1.78. The van der Waals surface area contributed by atoms with Crippen LogP contribution in [0.4, 0.5) is 0 Å². The molecule has 31 heavy (non-hydrogen) atoms. The summed E-state index contributed by atoms with van der Waals surface area (Å²) < 4.78 is 29.4. The number of aromatic nitrogens is 3. The Kier molecular flexibility index (Phi) is 5.65. The molecule has 7 nitrogen and oxygen atoms in total. The predicted octanol–water partition coefficient (Wildman–Crippen LogP) is 3.46. The van der Waals surface area contributed by atoms with E-state index in [1.165, 1.54) is 43.9 Å². The van der Waals surface area contributed by atoms with Crippen molar-refractivity contribution in [2.75, 3.05) is 19.6 Å². The van der Waals surface area contributed by atoms with Crippen LogP contribution in [0.1, 0.15) is 63.5 Å². The second kappa shape index (κ2) is 8.30. The van der Waals surface area contributed by atoms with E-state index in [2.05, 4.69) is 27.1 Å². The first kappa shape index (κ1) is 21.1. The van der Waals surface area contributed by atoms with Crippen molar-refractivity contribution >= 4 is 10.0 Å². The fourth-order valence-corrected chi connectivity index (χ4v) is 7.54. The molecular weight excluding hydrogens is 410 g/mol. The third-order valence-corrected chi connectivity index (χ3v) is 9.60. The van der Waals surface area contributed by atoms with Crippen molar-refractivity contribution in [3.05, 3.63) is 42.5 Å². The lowest BCUT2D eigenvalue weighted by molar-refractivity contribution is -0.131. The number of sulfonamides is 1. The first-order valence-electron chi connectivity index (χ1n) is 11.7. The lowest BCUT2D eigenvalue weighted by Gasteiger charge is -2.63. The number of rotatable bonds is 5. The topological polar surface area (TPSA) is 71.3 Å². The molecule has 3 fully saturated rings. The number of hydrogen-bond acceptors (Lipinski definition) is 5. The number of pyridine rings is 1. The first-order valence-corrected chi connectivity index (χ1v) is 13.2. The minimum Gasteiger partial charge on any atom is -0.292 e. The molecule has 0 N–H and O–H groups in total. The maximum atomic E-state index is 13.1. The zero-order valence-electron chi connectivity index (χ0n) is 18.4. The zero-order valence-corrected chi connectivity index (χ0v) is 19.2. The van der Waals surface area contributed by atoms with Gasteiger partial charge in [0.1, 0.15) is 4.90 Å². The van der Waals surface area contributed by atoms with Gasteiger partial charge < -0.3 is 0 Å². The minimum atomic E-state index is -3.46. The Morgan fingerprint density at radius 3 is 2.45 bits per heavy atom. The second-order valence-electron chi connectivity index (χ2n) is 9.45. The molecule has 1 unspecified atom stereocenters. The quantitative estimate of drug-likeness (QED) is 0.708. The Labute approximate surface area is 185 Å². The zero-order chi connectivity index (χ0) is 21.5. The molecule has 0 amide bonds. The Morgan fingerprint density at radius 1 is 1.10 bits per heavy atom. The summed E-state index contributed by atoms with van der Waals surface area (Å²) >= 11 is 0. The summed E-state index contributed by atoms with van der Waals surface area (Å²) in [4.78, 5) is 7.21. The van der Waals surface area contributed by atoms with Gasteiger partial charge in [0.2, 0.25) is 10.0 Å². The molecule has 1 saturated carbocycles. The smallest absolute Gasteiger partial charge is 0.246 e. The predicted molar refractivity (Wildman–Crippen MR) is 119 cm³/mol. The SMILES string of the molecule is CCn1cc(S(=O)(=O)N2CCC(N3CC4(CCCCC4)C3c3ccncc3)CC2)cn1. The van der Waals surface area contributed by atoms with E-state index in [-0.39, 0.29) is 0 Å². The van der Waals surface area contributed by atoms with Crippen molar-refractivity contribution in [2.24, 2.45) is 5.41 Å². The van der Waals surface area contributed by atoms with Crippen LogP contribution in [0.25, 0.3) is 0 Å². The van der Waals surface area contributed by atoms with Crippen LogP contribution in [0.2, 0.25) is 0 Å². The van der Waals surface area contributed by atoms with Crippen LogP contribution in [-0.4, -0.2) is 58.1 Å². The molecule has 168 valence electrons. The van der Waals surface area contributed by atoms with E-state index < -0.39 is 10.0 Å². The van der Waals surface area contributed by atoms with E-state index >= 15 is 0 Å². The van der Waals surface area contributed by atoms with E-state index in [0.29, 0.717) is 42.0 Å². The molecule has 4 heterocycles. The van der Waals surface area contributed by atoms with E-state index in [1.54, 1.807) is 15.2 Å². The summed E-state index contributed by atoms with van der Waals surface area (Å²) in [7, 11) is -3.46. The Morgan fingerprint density at radius 2 is 1.81 bits per heavy atom. The highest BCUT2D eigenvalue weighted by molar-refractivity contribution is 7.89. The van der Waals surface area contributed by atoms with Gasteiger partial charge in [0, 0.05) is 62.3 Å². The molecule has 5 rings (SSSR count). The van der Waals surface area contributed by atoms with Gasteiger partial charge in [-0.15, -0.1) is 0 Å². The molecular formula is C23H33N5O2S. The number of hydrogen-bond donors (Lipinski definition) is 0. The van der Waals surface area contributed by atoms with Gasteiger partial charge in [0.25, 0.3) is 0 Å². The van der Waals surface area contributed by atoms with Gasteiger partial charge in [0.15, 0.2) is 0 Å². The van der Waals surface area contributed by atoms with Crippen LogP contribution in [0, 0.1) is 5.41 Å². The van der Waals surface area contributed by atoms with Crippen molar-refractivity contribution in [1.29, 1.82) is 0 Å². The summed E-state index contributed by atoms with van der Waals surface area (Å²) in [5, 5.41) is 4.15. The molecule has 3 aliphatic rings. The molecule has 2 aliphatic heterocycles. The van der Waals surface area contributed by atoms with E-state index in [0.717, 1.165) is 19.4 Å². The fraction of sp³-hybridized carbons (Fsp3) is 0.652. The highest BCUT2D eigenvalue weighted by Crippen LogP contribution is 2.58. The van der Waals surface area contributed by atoms with Crippen molar-refractivity contribution in [2.45, 2.75) is 75.4 Å². The molecule has 2 aromatic heterocycles. The molecule has 1 atom stereocenters. The van der Waals surface area contributed by atoms with Crippen molar-refractivity contribution < 1.29 is 8.42 Å². The van der Waals surface area contributed by atoms with Gasteiger partial charge in [-0.25, -0.2) is 8.42 Å². The monoisotopic (exact) mass is 443 g/mol. The molecule has 1 spiro atoms. The summed E-state index contributed by atoms with van der Waals surface area (Å²) in [5.74, 6) is 0. The molecule has 1 aliphatic carbocycles. The van der Waals surface area contributed by atoms with Crippen LogP contribution >= 0.6 is 0 Å². The van der Waals surface area contributed by atoms with Crippen LogP contribution in [-0.2, 0) is 16.6 Å². The fourth-order valence-electron chi connectivity index (χ4n) is 6.11. The van der Waals surface area contributed by atoms with Gasteiger partial charge in [-0.1, -0.05) is 19.3 Å². The van der Waals surface area contributed by atoms with Crippen LogP contribution < -0.4 is 0 Å². The maximum absolute atomic E-state index is 13.1. The average molecular weight is 444 g/mol. The first-order chi connectivity index (χ1) is 15.0. The lowest BCUT2D eigenvalue weighted by atomic mass is 9.60. The largest absolute Gasteiger partial charge is 0.292 e. The maximum Gasteiger partial charge on any atom is 0.246 e. The summed E-state index contributed by atoms with van der Waals surface area (Å²) in [6.07, 6.45) is 15.4. The van der Waals surface area contributed by atoms with E-state index in [4.69, 9.17) is 0 Å². The Balaban J connectivity index is 1.30. The highest BCUT2D eigenvalue weighted by Gasteiger charge is 2.55. The van der Waals surface area contributed by atoms with Crippen molar-refractivity contribution in [3.63, 3.8) is 0 Å². The highest BCUT2D eigenvalue weighted by atomic mass is 32.2. The summed E-state index contributed by atoms with van der Waals surface area (Å²) in [6, 6.07) is 5.25. The number of piperidine rings is 1. The lowest BCUT2D eigenvalue weighted by Crippen LogP contribution is -2.63. The normalized spacial score (nSPS) is 25.5. The van der Waals surface area contributed by atoms with Gasteiger partial charge in [0.05, 0.1) is 6.20 Å². The Hall–Kier alpha value is -1.77. The standard InChI is InChI=1S/C23H33N5O2S/c1-2-26-17-21(16-25-26)31(29,30)27-14-8-20(9-15-27)28-18-23(10-4-3-5-11-23)22(28)19-6-12-24-13-7-19/h6-7,12-13,16-17,20,22H,2-5,8-11,14-15,18H2,1H3. The average Bonchev–Trinajstić information content (AvgIpc) is 3.29. The van der Waals surface area contributed by atoms with E-state index in [1.807, 2.05) is 19.3 Å². The van der Waals surface area contributed by atoms with Gasteiger partial charge in [-0.3, -0.25) is 14.6 Å². The molecule has 0 radical (unpaired) electrons. The van der Waals surface area contributed by atoms with Gasteiger partial charge in [-0.05, 0) is 50.3 Å². The molecule has 2 aromatic rings. The number of likely N-dealkylation sites (tertiary alicyclic amines) is 1. The summed E-state index contributed by atoms with van der Waals surface area (Å²) in [6.45, 7) is 4.94. The van der Waals surface area contributed by atoms with E-state index in [9.17, 15) is 8.42 Å². The van der Waals surface area contributed by atoms with Crippen LogP contribution in [0.15, 0.2) is 41.8 Å². The second-order valence-corrected chi connectivity index (χ2v) is 11.4. The molecule has 2 saturated heterocycles. The van der Waals surface area contributed by atoms with Gasteiger partial charge in [-0.2, -0.15) is 9.40 Å². The van der Waals surface area contributed by atoms with Crippen LogP contribution in [0.3, 0.4) is 0 Å². The minimum absolute atomic E-state index is 0.313. The number of nitrogens with zero attached hydrogens (tertiary/aromatic N) is 5. The van der Waals surface area contributed by atoms with Crippen molar-refractivity contribution in [1.82, 2.24) is 24.0 Å². The van der Waals surface area contributed by atoms with Crippen LogP contribution in [0.5, 0.6) is 0 Å². The third kappa shape index (κ3) is 3.72. The molecule has 8 heteroatoms. The van der Waals surface area contributed by atoms with Gasteiger partial charge >= 0.3 is 0 Å². The third-order valence-electron chi connectivity index (χ3n) is 7.74. The van der Waals surface area contributed by atoms with Crippen molar-refractivity contribution in [3.8, 4) is 0 Å².